The topological polar surface area (TPSA) is 67.6 Å². The summed E-state index contributed by atoms with van der Waals surface area (Å²) in [5, 5.41) is 2.70. The van der Waals surface area contributed by atoms with Crippen molar-refractivity contribution < 1.29 is 22.7 Å². The van der Waals surface area contributed by atoms with Crippen molar-refractivity contribution in [3.05, 3.63) is 35.0 Å². The van der Waals surface area contributed by atoms with Crippen molar-refractivity contribution in [1.29, 1.82) is 0 Å². The highest BCUT2D eigenvalue weighted by atomic mass is 19.1. The van der Waals surface area contributed by atoms with Crippen molar-refractivity contribution in [2.75, 3.05) is 30.0 Å². The lowest BCUT2D eigenvalue weighted by Crippen LogP contribution is -2.56. The minimum Gasteiger partial charge on any atom is -0.487 e. The number of fused-ring (bicyclic) bond motifs is 1. The van der Waals surface area contributed by atoms with E-state index < -0.39 is 18.4 Å². The molecule has 0 radical (unpaired) electrons. The molecule has 1 N–H and O–H groups in total. The number of rotatable bonds is 9. The Labute approximate surface area is 199 Å². The fraction of sp³-hybridized carbons (Fsp3) is 0.615. The second-order valence-corrected chi connectivity index (χ2v) is 10.3. The van der Waals surface area contributed by atoms with Crippen LogP contribution < -0.4 is 15.0 Å². The van der Waals surface area contributed by atoms with Gasteiger partial charge in [-0.2, -0.15) is 4.98 Å². The first-order valence-corrected chi connectivity index (χ1v) is 12.4. The third-order valence-electron chi connectivity index (χ3n) is 8.02. The van der Waals surface area contributed by atoms with Gasteiger partial charge in [0.25, 0.3) is 11.9 Å². The molecule has 0 spiro atoms. The number of alkyl halides is 1. The number of anilines is 2. The van der Waals surface area contributed by atoms with E-state index in [4.69, 9.17) is 9.15 Å². The van der Waals surface area contributed by atoms with Crippen LogP contribution in [0.15, 0.2) is 16.5 Å². The lowest BCUT2D eigenvalue weighted by atomic mass is 9.75. The number of nitrogens with one attached hydrogen (secondary N) is 1. The fourth-order valence-corrected chi connectivity index (χ4v) is 5.57. The van der Waals surface area contributed by atoms with E-state index in [9.17, 15) is 13.6 Å². The van der Waals surface area contributed by atoms with Crippen LogP contribution in [0.1, 0.15) is 67.8 Å². The zero-order valence-electron chi connectivity index (χ0n) is 20.1. The Bertz CT molecular complexity index is 1040. The number of halogens is 2. The van der Waals surface area contributed by atoms with E-state index in [0.29, 0.717) is 17.3 Å². The summed E-state index contributed by atoms with van der Waals surface area (Å²) in [4.78, 5) is 19.4. The lowest BCUT2D eigenvalue weighted by Gasteiger charge is -2.48. The standard InChI is InChI=1S/C26H33F2N3O3/c1-4-26(5-2)13-31(14-26)25-30-22(21(34-25)6-7-27)24(32)29-18-8-15(3)23(20(28)12-18)33-19-10-16-9-17(16)11-19/h8,12,16-17,19H,4-7,9-11,13-14H2,1-3H3,(H,29,32)/t16-,17?,19?/m0/s1. The van der Waals surface area contributed by atoms with Gasteiger partial charge in [-0.25, -0.2) is 4.39 Å². The van der Waals surface area contributed by atoms with E-state index in [1.54, 1.807) is 13.0 Å². The first-order chi connectivity index (χ1) is 16.3. The number of oxazole rings is 1. The summed E-state index contributed by atoms with van der Waals surface area (Å²) in [6.07, 6.45) is 5.38. The molecule has 2 heterocycles. The molecule has 2 saturated carbocycles. The maximum absolute atomic E-state index is 14.9. The molecule has 2 unspecified atom stereocenters. The van der Waals surface area contributed by atoms with Crippen LogP contribution in [0.3, 0.4) is 0 Å². The highest BCUT2D eigenvalue weighted by molar-refractivity contribution is 6.03. The van der Waals surface area contributed by atoms with Gasteiger partial charge in [0.05, 0.1) is 12.8 Å². The largest absolute Gasteiger partial charge is 0.487 e. The molecule has 1 aliphatic heterocycles. The van der Waals surface area contributed by atoms with Gasteiger partial charge < -0.3 is 19.4 Å². The Kier molecular flexibility index (Phi) is 6.02. The van der Waals surface area contributed by atoms with Crippen molar-refractivity contribution in [1.82, 2.24) is 4.98 Å². The quantitative estimate of drug-likeness (QED) is 0.507. The molecule has 8 heteroatoms. The van der Waals surface area contributed by atoms with Crippen LogP contribution in [-0.2, 0) is 6.42 Å². The number of benzene rings is 1. The van der Waals surface area contributed by atoms with E-state index in [0.717, 1.165) is 50.6 Å². The van der Waals surface area contributed by atoms with Crippen molar-refractivity contribution in [2.45, 2.75) is 65.4 Å². The summed E-state index contributed by atoms with van der Waals surface area (Å²) in [6, 6.07) is 3.29. The van der Waals surface area contributed by atoms with Crippen molar-refractivity contribution in [3.63, 3.8) is 0 Å². The maximum atomic E-state index is 14.9. The molecule has 1 amide bonds. The summed E-state index contributed by atoms with van der Waals surface area (Å²) in [5.74, 6) is 0.900. The van der Waals surface area contributed by atoms with Gasteiger partial charge in [0, 0.05) is 36.7 Å². The third-order valence-corrected chi connectivity index (χ3v) is 8.02. The first-order valence-electron chi connectivity index (χ1n) is 12.4. The average Bonchev–Trinajstić information content (AvgIpc) is 3.18. The zero-order chi connectivity index (χ0) is 24.0. The predicted octanol–water partition coefficient (Wildman–Crippen LogP) is 5.69. The predicted molar refractivity (Wildman–Crippen MR) is 126 cm³/mol. The number of amides is 1. The Hall–Kier alpha value is -2.64. The molecule has 1 aromatic heterocycles. The van der Waals surface area contributed by atoms with Crippen LogP contribution in [0.4, 0.5) is 20.5 Å². The van der Waals surface area contributed by atoms with Crippen molar-refractivity contribution in [2.24, 2.45) is 17.3 Å². The number of ether oxygens (including phenoxy) is 1. The van der Waals surface area contributed by atoms with Gasteiger partial charge in [-0.05, 0) is 62.5 Å². The number of carbonyl (C=O) groups excluding carboxylic acids is 1. The zero-order valence-corrected chi connectivity index (χ0v) is 20.1. The van der Waals surface area contributed by atoms with Crippen LogP contribution >= 0.6 is 0 Å². The summed E-state index contributed by atoms with van der Waals surface area (Å²) < 4.78 is 39.7. The lowest BCUT2D eigenvalue weighted by molar-refractivity contribution is 0.102. The minimum atomic E-state index is -0.661. The summed E-state index contributed by atoms with van der Waals surface area (Å²) in [7, 11) is 0. The highest BCUT2D eigenvalue weighted by Crippen LogP contribution is 2.52. The SMILES string of the molecule is CCC1(CC)CN(c2nc(C(=O)Nc3cc(C)c(OC4CC5C[C@H]5C4)c(F)c3)c(CCF)o2)C1. The Morgan fingerprint density at radius 3 is 2.56 bits per heavy atom. The molecule has 2 aromatic rings. The molecule has 3 fully saturated rings. The Morgan fingerprint density at radius 2 is 1.94 bits per heavy atom. The van der Waals surface area contributed by atoms with Crippen LogP contribution in [0.25, 0.3) is 0 Å². The molecule has 2 aliphatic carbocycles. The van der Waals surface area contributed by atoms with Gasteiger partial charge in [-0.3, -0.25) is 9.18 Å². The highest BCUT2D eigenvalue weighted by Gasteiger charge is 2.47. The van der Waals surface area contributed by atoms with E-state index in [2.05, 4.69) is 24.1 Å². The van der Waals surface area contributed by atoms with Gasteiger partial charge in [0.15, 0.2) is 17.3 Å². The van der Waals surface area contributed by atoms with E-state index in [1.807, 2.05) is 4.90 Å². The second kappa shape index (κ2) is 8.86. The van der Waals surface area contributed by atoms with E-state index in [1.165, 1.54) is 12.5 Å². The summed E-state index contributed by atoms with van der Waals surface area (Å²) in [5.41, 5.74) is 1.20. The maximum Gasteiger partial charge on any atom is 0.298 e. The van der Waals surface area contributed by atoms with Crippen molar-refractivity contribution in [3.8, 4) is 5.75 Å². The number of aryl methyl sites for hydroxylation is 2. The number of nitrogens with zero attached hydrogens (tertiary/aromatic N) is 2. The third kappa shape index (κ3) is 4.27. The monoisotopic (exact) mass is 473 g/mol. The number of hydrogen-bond donors (Lipinski definition) is 1. The molecular weight excluding hydrogens is 440 g/mol. The smallest absolute Gasteiger partial charge is 0.298 e. The molecule has 6 nitrogen and oxygen atoms in total. The van der Waals surface area contributed by atoms with Crippen LogP contribution in [0.2, 0.25) is 0 Å². The van der Waals surface area contributed by atoms with E-state index >= 15 is 0 Å². The fourth-order valence-electron chi connectivity index (χ4n) is 5.57. The Balaban J connectivity index is 1.29. The molecule has 3 aliphatic rings. The molecule has 34 heavy (non-hydrogen) atoms. The van der Waals surface area contributed by atoms with Crippen LogP contribution in [-0.4, -0.2) is 36.8 Å². The summed E-state index contributed by atoms with van der Waals surface area (Å²) in [6.45, 7) is 7.03. The van der Waals surface area contributed by atoms with Gasteiger partial charge in [0.1, 0.15) is 5.76 Å². The molecule has 1 saturated heterocycles. The molecule has 3 atom stereocenters. The average molecular weight is 474 g/mol. The number of aromatic nitrogens is 1. The van der Waals surface area contributed by atoms with E-state index in [-0.39, 0.29) is 35.1 Å². The summed E-state index contributed by atoms with van der Waals surface area (Å²) >= 11 is 0. The molecule has 184 valence electrons. The normalized spacial score (nSPS) is 24.5. The molecular formula is C26H33F2N3O3. The van der Waals surface area contributed by atoms with Crippen molar-refractivity contribution >= 4 is 17.6 Å². The van der Waals surface area contributed by atoms with Gasteiger partial charge in [-0.1, -0.05) is 13.8 Å². The van der Waals surface area contributed by atoms with Gasteiger partial charge in [-0.15, -0.1) is 0 Å². The van der Waals surface area contributed by atoms with Gasteiger partial charge >= 0.3 is 0 Å². The molecule has 1 aromatic carbocycles. The van der Waals surface area contributed by atoms with Crippen LogP contribution in [0.5, 0.6) is 5.75 Å². The molecule has 5 rings (SSSR count). The Morgan fingerprint density at radius 1 is 1.24 bits per heavy atom. The number of hydrogen-bond acceptors (Lipinski definition) is 5. The molecule has 0 bridgehead atoms. The minimum absolute atomic E-state index is 0.0418. The second-order valence-electron chi connectivity index (χ2n) is 10.3. The van der Waals surface area contributed by atoms with Crippen LogP contribution in [0, 0.1) is 30.0 Å². The number of carbonyl (C=O) groups is 1. The first kappa shape index (κ1) is 23.1. The van der Waals surface area contributed by atoms with Gasteiger partial charge in [0.2, 0.25) is 0 Å².